The topological polar surface area (TPSA) is 71.6 Å². The van der Waals surface area contributed by atoms with Gasteiger partial charge in [0.25, 0.3) is 5.56 Å². The molecule has 7 nitrogen and oxygen atoms in total. The van der Waals surface area contributed by atoms with Crippen molar-refractivity contribution in [2.24, 2.45) is 0 Å². The van der Waals surface area contributed by atoms with E-state index in [0.717, 1.165) is 54.9 Å². The third kappa shape index (κ3) is 3.81. The normalized spacial score (nSPS) is 17.4. The van der Waals surface area contributed by atoms with Crippen molar-refractivity contribution < 1.29 is 9.21 Å². The van der Waals surface area contributed by atoms with E-state index in [4.69, 9.17) is 4.42 Å². The Labute approximate surface area is 178 Å². The third-order valence-electron chi connectivity index (χ3n) is 6.19. The highest BCUT2D eigenvalue weighted by Crippen LogP contribution is 2.33. The van der Waals surface area contributed by atoms with Crippen molar-refractivity contribution in [2.45, 2.75) is 45.2 Å². The molecule has 2 aliphatic rings. The van der Waals surface area contributed by atoms with Gasteiger partial charge in [0.15, 0.2) is 0 Å². The van der Waals surface area contributed by atoms with Gasteiger partial charge < -0.3 is 9.32 Å². The monoisotopic (exact) mass is 426 g/mol. The van der Waals surface area contributed by atoms with E-state index in [-0.39, 0.29) is 11.5 Å². The Morgan fingerprint density at radius 1 is 1.17 bits per heavy atom. The van der Waals surface area contributed by atoms with Gasteiger partial charge in [-0.1, -0.05) is 0 Å². The lowest BCUT2D eigenvalue weighted by atomic mass is 9.97. The summed E-state index contributed by atoms with van der Waals surface area (Å²) in [6.45, 7) is 4.26. The van der Waals surface area contributed by atoms with Crippen LogP contribution in [0.25, 0.3) is 10.2 Å². The zero-order valence-corrected chi connectivity index (χ0v) is 17.8. The van der Waals surface area contributed by atoms with Crippen molar-refractivity contribution in [1.82, 2.24) is 19.4 Å². The molecule has 0 spiro atoms. The minimum Gasteiger partial charge on any atom is -0.468 e. The minimum atomic E-state index is 0.00969. The molecule has 0 N–H and O–H groups in total. The van der Waals surface area contributed by atoms with Crippen LogP contribution in [0.15, 0.2) is 33.9 Å². The quantitative estimate of drug-likeness (QED) is 0.627. The molecule has 3 aromatic rings. The molecule has 0 radical (unpaired) electrons. The number of thiophene rings is 1. The molecule has 4 heterocycles. The summed E-state index contributed by atoms with van der Waals surface area (Å²) in [6, 6.07) is 3.87. The van der Waals surface area contributed by atoms with E-state index in [1.807, 2.05) is 17.0 Å². The molecule has 158 valence electrons. The zero-order chi connectivity index (χ0) is 20.5. The minimum absolute atomic E-state index is 0.00969. The molecule has 0 saturated carbocycles. The Balaban J connectivity index is 1.20. The Bertz CT molecular complexity index is 1090. The van der Waals surface area contributed by atoms with Crippen molar-refractivity contribution in [3.05, 3.63) is 51.3 Å². The Morgan fingerprint density at radius 3 is 2.80 bits per heavy atom. The number of aryl methyl sites for hydroxylation is 3. The average Bonchev–Trinajstić information content (AvgIpc) is 3.41. The molecule has 8 heteroatoms. The van der Waals surface area contributed by atoms with E-state index in [2.05, 4.69) is 9.88 Å². The van der Waals surface area contributed by atoms with Gasteiger partial charge in [0, 0.05) is 44.0 Å². The highest BCUT2D eigenvalue weighted by Gasteiger charge is 2.23. The maximum absolute atomic E-state index is 13.0. The SMILES string of the molecule is O=C(CCn1cnc2sc3c(c2c1=O)CCCC3)N1CCN(Cc2ccco2)CC1. The van der Waals surface area contributed by atoms with Crippen LogP contribution >= 0.6 is 11.3 Å². The lowest BCUT2D eigenvalue weighted by Crippen LogP contribution is -2.48. The highest BCUT2D eigenvalue weighted by atomic mass is 32.1. The molecule has 1 saturated heterocycles. The first-order valence-corrected chi connectivity index (χ1v) is 11.5. The molecular weight excluding hydrogens is 400 g/mol. The summed E-state index contributed by atoms with van der Waals surface area (Å²) < 4.78 is 7.03. The molecular formula is C22H26N4O3S. The van der Waals surface area contributed by atoms with Gasteiger partial charge in [0.2, 0.25) is 5.91 Å². The number of nitrogens with zero attached hydrogens (tertiary/aromatic N) is 4. The third-order valence-corrected chi connectivity index (χ3v) is 7.39. The first-order valence-electron chi connectivity index (χ1n) is 10.7. The summed E-state index contributed by atoms with van der Waals surface area (Å²) in [5.41, 5.74) is 1.21. The molecule has 1 aliphatic heterocycles. The summed E-state index contributed by atoms with van der Waals surface area (Å²) in [5, 5.41) is 0.788. The molecule has 0 atom stereocenters. The van der Waals surface area contributed by atoms with Gasteiger partial charge in [-0.05, 0) is 43.4 Å². The van der Waals surface area contributed by atoms with Crippen LogP contribution in [-0.4, -0.2) is 51.4 Å². The van der Waals surface area contributed by atoms with Gasteiger partial charge >= 0.3 is 0 Å². The first-order chi connectivity index (χ1) is 14.7. The van der Waals surface area contributed by atoms with Gasteiger partial charge in [-0.15, -0.1) is 11.3 Å². The molecule has 3 aromatic heterocycles. The number of furan rings is 1. The second kappa shape index (κ2) is 8.35. The van der Waals surface area contributed by atoms with Crippen molar-refractivity contribution in [2.75, 3.05) is 26.2 Å². The van der Waals surface area contributed by atoms with Crippen molar-refractivity contribution in [3.8, 4) is 0 Å². The van der Waals surface area contributed by atoms with Gasteiger partial charge in [-0.2, -0.15) is 0 Å². The van der Waals surface area contributed by atoms with Gasteiger partial charge in [-0.3, -0.25) is 19.1 Å². The van der Waals surface area contributed by atoms with E-state index >= 15 is 0 Å². The van der Waals surface area contributed by atoms with Crippen LogP contribution in [0, 0.1) is 0 Å². The van der Waals surface area contributed by atoms with Gasteiger partial charge in [-0.25, -0.2) is 4.98 Å². The summed E-state index contributed by atoms with van der Waals surface area (Å²) in [5.74, 6) is 1.06. The largest absolute Gasteiger partial charge is 0.468 e. The van der Waals surface area contributed by atoms with Gasteiger partial charge in [0.1, 0.15) is 10.6 Å². The van der Waals surface area contributed by atoms with Crippen LogP contribution in [0.3, 0.4) is 0 Å². The maximum atomic E-state index is 13.0. The first kappa shape index (κ1) is 19.5. The summed E-state index contributed by atoms with van der Waals surface area (Å²) >= 11 is 1.66. The van der Waals surface area contributed by atoms with Crippen LogP contribution in [0.4, 0.5) is 0 Å². The number of hydrogen-bond acceptors (Lipinski definition) is 6. The molecule has 30 heavy (non-hydrogen) atoms. The maximum Gasteiger partial charge on any atom is 0.262 e. The molecule has 1 amide bonds. The number of piperazine rings is 1. The number of fused-ring (bicyclic) bond motifs is 3. The number of rotatable bonds is 5. The molecule has 1 aliphatic carbocycles. The summed E-state index contributed by atoms with van der Waals surface area (Å²) in [6.07, 6.45) is 7.99. The lowest BCUT2D eigenvalue weighted by Gasteiger charge is -2.34. The molecule has 0 unspecified atom stereocenters. The number of hydrogen-bond donors (Lipinski definition) is 0. The van der Waals surface area contributed by atoms with Crippen LogP contribution in [-0.2, 0) is 30.7 Å². The zero-order valence-electron chi connectivity index (χ0n) is 17.0. The number of aromatic nitrogens is 2. The molecule has 0 aromatic carbocycles. The fourth-order valence-corrected chi connectivity index (χ4v) is 5.71. The predicted octanol–water partition coefficient (Wildman–Crippen LogP) is 2.66. The molecule has 0 bridgehead atoms. The van der Waals surface area contributed by atoms with Crippen molar-refractivity contribution in [3.63, 3.8) is 0 Å². The van der Waals surface area contributed by atoms with Crippen LogP contribution in [0.2, 0.25) is 0 Å². The van der Waals surface area contributed by atoms with E-state index in [1.165, 1.54) is 16.9 Å². The van der Waals surface area contributed by atoms with Crippen LogP contribution in [0.5, 0.6) is 0 Å². The molecule has 1 fully saturated rings. The van der Waals surface area contributed by atoms with E-state index in [9.17, 15) is 9.59 Å². The van der Waals surface area contributed by atoms with Crippen molar-refractivity contribution >= 4 is 27.5 Å². The standard InChI is InChI=1S/C22H26N4O3S/c27-19(25-11-9-24(10-12-25)14-16-4-3-13-29-16)7-8-26-15-23-21-20(22(26)28)17-5-1-2-6-18(17)30-21/h3-4,13,15H,1-2,5-12,14H2. The highest BCUT2D eigenvalue weighted by molar-refractivity contribution is 7.18. The van der Waals surface area contributed by atoms with Crippen LogP contribution in [0.1, 0.15) is 35.5 Å². The Hall–Kier alpha value is -2.45. The predicted molar refractivity (Wildman–Crippen MR) is 116 cm³/mol. The van der Waals surface area contributed by atoms with E-state index in [0.29, 0.717) is 26.1 Å². The van der Waals surface area contributed by atoms with Gasteiger partial charge in [0.05, 0.1) is 24.5 Å². The second-order valence-corrected chi connectivity index (χ2v) is 9.20. The number of carbonyl (C=O) groups is 1. The Kier molecular flexibility index (Phi) is 5.43. The van der Waals surface area contributed by atoms with E-state index < -0.39 is 0 Å². The number of carbonyl (C=O) groups excluding carboxylic acids is 1. The lowest BCUT2D eigenvalue weighted by molar-refractivity contribution is -0.133. The van der Waals surface area contributed by atoms with Crippen molar-refractivity contribution in [1.29, 1.82) is 0 Å². The number of amides is 1. The fourth-order valence-electron chi connectivity index (χ4n) is 4.49. The second-order valence-electron chi connectivity index (χ2n) is 8.12. The summed E-state index contributed by atoms with van der Waals surface area (Å²) in [4.78, 5) is 36.6. The molecule has 5 rings (SSSR count). The average molecular weight is 427 g/mol. The summed E-state index contributed by atoms with van der Waals surface area (Å²) in [7, 11) is 0. The van der Waals surface area contributed by atoms with Crippen LogP contribution < -0.4 is 5.56 Å². The Morgan fingerprint density at radius 2 is 2.00 bits per heavy atom. The smallest absolute Gasteiger partial charge is 0.262 e. The van der Waals surface area contributed by atoms with E-state index in [1.54, 1.807) is 28.5 Å². The fraction of sp³-hybridized carbons (Fsp3) is 0.500.